The molecular formula is C16H19NO4. The summed E-state index contributed by atoms with van der Waals surface area (Å²) < 4.78 is 10.4. The summed E-state index contributed by atoms with van der Waals surface area (Å²) in [7, 11) is 1.61. The maximum atomic E-state index is 11.0. The van der Waals surface area contributed by atoms with Gasteiger partial charge in [0.1, 0.15) is 11.4 Å². The summed E-state index contributed by atoms with van der Waals surface area (Å²) in [5, 5.41) is 12.9. The number of benzene rings is 1. The van der Waals surface area contributed by atoms with Crippen LogP contribution in [0.2, 0.25) is 0 Å². The van der Waals surface area contributed by atoms with Crippen LogP contribution in [0.4, 0.5) is 0 Å². The molecule has 0 spiro atoms. The molecule has 0 saturated heterocycles. The molecule has 0 fully saturated rings. The first-order chi connectivity index (χ1) is 9.99. The number of nitrogens with zero attached hydrogens (tertiary/aromatic N) is 1. The summed E-state index contributed by atoms with van der Waals surface area (Å²) in [4.78, 5) is 11.0. The van der Waals surface area contributed by atoms with E-state index in [9.17, 15) is 4.79 Å². The standard InChI is InChI=1S/C16H19NO4/c1-5-10-6-7-11(9(2)3)14(15(10)20-4)12-8-13(16(18)19)21-17-12/h6-9H,5H2,1-4H3,(H,18,19). The second-order valence-corrected chi connectivity index (χ2v) is 5.11. The van der Waals surface area contributed by atoms with E-state index in [1.165, 1.54) is 6.07 Å². The molecule has 1 aromatic heterocycles. The van der Waals surface area contributed by atoms with Crippen LogP contribution >= 0.6 is 0 Å². The molecule has 0 radical (unpaired) electrons. The molecule has 21 heavy (non-hydrogen) atoms. The van der Waals surface area contributed by atoms with Gasteiger partial charge in [-0.3, -0.25) is 0 Å². The zero-order valence-corrected chi connectivity index (χ0v) is 12.6. The van der Waals surface area contributed by atoms with Crippen LogP contribution in [0.1, 0.15) is 48.4 Å². The van der Waals surface area contributed by atoms with Crippen LogP contribution in [-0.4, -0.2) is 23.3 Å². The Kier molecular flexibility index (Phi) is 4.31. The SMILES string of the molecule is CCc1ccc(C(C)C)c(-c2cc(C(=O)O)on2)c1OC. The molecule has 112 valence electrons. The van der Waals surface area contributed by atoms with Gasteiger partial charge in [0, 0.05) is 11.6 Å². The molecule has 5 heteroatoms. The number of hydrogen-bond donors (Lipinski definition) is 1. The number of carbonyl (C=O) groups is 1. The van der Waals surface area contributed by atoms with Crippen molar-refractivity contribution in [2.45, 2.75) is 33.1 Å². The van der Waals surface area contributed by atoms with E-state index in [0.717, 1.165) is 28.9 Å². The number of carboxylic acids is 1. The largest absolute Gasteiger partial charge is 0.496 e. The Balaban J connectivity index is 2.70. The average Bonchev–Trinajstić information content (AvgIpc) is 2.94. The topological polar surface area (TPSA) is 72.6 Å². The number of hydrogen-bond acceptors (Lipinski definition) is 4. The van der Waals surface area contributed by atoms with Crippen LogP contribution in [0.5, 0.6) is 5.75 Å². The van der Waals surface area contributed by atoms with E-state index in [4.69, 9.17) is 14.4 Å². The molecule has 1 N–H and O–H groups in total. The van der Waals surface area contributed by atoms with Gasteiger partial charge in [-0.15, -0.1) is 0 Å². The Morgan fingerprint density at radius 3 is 2.62 bits per heavy atom. The minimum Gasteiger partial charge on any atom is -0.496 e. The van der Waals surface area contributed by atoms with E-state index in [1.54, 1.807) is 7.11 Å². The number of methoxy groups -OCH3 is 1. The third-order valence-corrected chi connectivity index (χ3v) is 3.46. The first kappa shape index (κ1) is 15.1. The molecule has 2 rings (SSSR count). The Morgan fingerprint density at radius 1 is 1.43 bits per heavy atom. The van der Waals surface area contributed by atoms with Gasteiger partial charge in [-0.05, 0) is 23.5 Å². The summed E-state index contributed by atoms with van der Waals surface area (Å²) in [6.07, 6.45) is 0.818. The number of carboxylic acid groups (broad SMARTS) is 1. The highest BCUT2D eigenvalue weighted by atomic mass is 16.5. The van der Waals surface area contributed by atoms with Gasteiger partial charge >= 0.3 is 5.97 Å². The van der Waals surface area contributed by atoms with Crippen LogP contribution < -0.4 is 4.74 Å². The molecule has 5 nitrogen and oxygen atoms in total. The summed E-state index contributed by atoms with van der Waals surface area (Å²) in [5.41, 5.74) is 3.40. The smallest absolute Gasteiger partial charge is 0.374 e. The van der Waals surface area contributed by atoms with Gasteiger partial charge in [0.2, 0.25) is 5.76 Å². The molecule has 0 unspecified atom stereocenters. The normalized spacial score (nSPS) is 10.9. The highest BCUT2D eigenvalue weighted by Crippen LogP contribution is 2.39. The van der Waals surface area contributed by atoms with Crippen molar-refractivity contribution in [3.8, 4) is 17.0 Å². The van der Waals surface area contributed by atoms with Crippen molar-refractivity contribution < 1.29 is 19.2 Å². The summed E-state index contributed by atoms with van der Waals surface area (Å²) in [6, 6.07) is 5.51. The zero-order chi connectivity index (χ0) is 15.6. The maximum Gasteiger partial charge on any atom is 0.374 e. The Labute approximate surface area is 123 Å². The lowest BCUT2D eigenvalue weighted by molar-refractivity contribution is 0.0652. The molecular weight excluding hydrogens is 270 g/mol. The first-order valence-corrected chi connectivity index (χ1v) is 6.89. The molecule has 0 aliphatic rings. The molecule has 0 saturated carbocycles. The predicted molar refractivity (Wildman–Crippen MR) is 78.9 cm³/mol. The third kappa shape index (κ3) is 2.77. The highest BCUT2D eigenvalue weighted by molar-refractivity contribution is 5.86. The van der Waals surface area contributed by atoms with E-state index < -0.39 is 5.97 Å². The van der Waals surface area contributed by atoms with Crippen molar-refractivity contribution in [3.63, 3.8) is 0 Å². The number of ether oxygens (including phenoxy) is 1. The fourth-order valence-corrected chi connectivity index (χ4v) is 2.39. The van der Waals surface area contributed by atoms with Crippen LogP contribution in [0.15, 0.2) is 22.7 Å². The number of aryl methyl sites for hydroxylation is 1. The van der Waals surface area contributed by atoms with Crippen molar-refractivity contribution in [2.24, 2.45) is 0 Å². The van der Waals surface area contributed by atoms with Gasteiger partial charge < -0.3 is 14.4 Å². The molecule has 0 atom stereocenters. The average molecular weight is 289 g/mol. The van der Waals surface area contributed by atoms with Crippen molar-refractivity contribution in [1.82, 2.24) is 5.16 Å². The zero-order valence-electron chi connectivity index (χ0n) is 12.6. The number of aromatic nitrogens is 1. The molecule has 0 aliphatic carbocycles. The van der Waals surface area contributed by atoms with E-state index >= 15 is 0 Å². The Morgan fingerprint density at radius 2 is 2.14 bits per heavy atom. The fraction of sp³-hybridized carbons (Fsp3) is 0.375. The molecule has 0 bridgehead atoms. The summed E-state index contributed by atoms with van der Waals surface area (Å²) in [5.74, 6) is -0.326. The predicted octanol–water partition coefficient (Wildman–Crippen LogP) is 3.73. The Bertz CT molecular complexity index is 658. The summed E-state index contributed by atoms with van der Waals surface area (Å²) in [6.45, 7) is 6.19. The minimum absolute atomic E-state index is 0.177. The fourth-order valence-electron chi connectivity index (χ4n) is 2.39. The van der Waals surface area contributed by atoms with E-state index in [1.807, 2.05) is 19.1 Å². The van der Waals surface area contributed by atoms with Gasteiger partial charge in [0.05, 0.1) is 7.11 Å². The quantitative estimate of drug-likeness (QED) is 0.907. The Hall–Kier alpha value is -2.30. The van der Waals surface area contributed by atoms with Crippen molar-refractivity contribution in [3.05, 3.63) is 35.1 Å². The number of aromatic carboxylic acids is 1. The van der Waals surface area contributed by atoms with E-state index in [-0.39, 0.29) is 11.7 Å². The van der Waals surface area contributed by atoms with Gasteiger partial charge in [-0.25, -0.2) is 4.79 Å². The van der Waals surface area contributed by atoms with E-state index in [0.29, 0.717) is 5.69 Å². The van der Waals surface area contributed by atoms with Crippen molar-refractivity contribution in [1.29, 1.82) is 0 Å². The van der Waals surface area contributed by atoms with Gasteiger partial charge in [0.25, 0.3) is 0 Å². The van der Waals surface area contributed by atoms with Crippen LogP contribution in [0, 0.1) is 0 Å². The van der Waals surface area contributed by atoms with Crippen molar-refractivity contribution in [2.75, 3.05) is 7.11 Å². The second-order valence-electron chi connectivity index (χ2n) is 5.11. The van der Waals surface area contributed by atoms with Gasteiger partial charge in [0.15, 0.2) is 0 Å². The molecule has 1 aromatic carbocycles. The van der Waals surface area contributed by atoms with Gasteiger partial charge in [-0.1, -0.05) is 38.1 Å². The lowest BCUT2D eigenvalue weighted by Gasteiger charge is -2.17. The first-order valence-electron chi connectivity index (χ1n) is 6.89. The molecule has 0 amide bonds. The van der Waals surface area contributed by atoms with E-state index in [2.05, 4.69) is 19.0 Å². The highest BCUT2D eigenvalue weighted by Gasteiger charge is 2.21. The monoisotopic (exact) mass is 289 g/mol. The minimum atomic E-state index is -1.13. The van der Waals surface area contributed by atoms with Gasteiger partial charge in [-0.2, -0.15) is 0 Å². The van der Waals surface area contributed by atoms with Crippen LogP contribution in [0.25, 0.3) is 11.3 Å². The molecule has 0 aliphatic heterocycles. The van der Waals surface area contributed by atoms with Crippen LogP contribution in [0.3, 0.4) is 0 Å². The number of rotatable bonds is 5. The lowest BCUT2D eigenvalue weighted by Crippen LogP contribution is -2.00. The van der Waals surface area contributed by atoms with Crippen LogP contribution in [-0.2, 0) is 6.42 Å². The third-order valence-electron chi connectivity index (χ3n) is 3.46. The molecule has 2 aromatic rings. The maximum absolute atomic E-state index is 11.0. The van der Waals surface area contributed by atoms with Crippen molar-refractivity contribution >= 4 is 5.97 Å². The summed E-state index contributed by atoms with van der Waals surface area (Å²) >= 11 is 0. The second kappa shape index (κ2) is 5.99. The lowest BCUT2D eigenvalue weighted by atomic mass is 9.91. The molecule has 1 heterocycles.